The number of carbonyl (C=O) groups is 4. The summed E-state index contributed by atoms with van der Waals surface area (Å²) in [6.45, 7) is 22.1. The zero-order valence-corrected chi connectivity index (χ0v) is 58.2. The van der Waals surface area contributed by atoms with Crippen molar-refractivity contribution in [3.63, 3.8) is 0 Å². The number of carbonyl (C=O) groups excluding carboxylic acids is 4. The maximum absolute atomic E-state index is 13.3. The van der Waals surface area contributed by atoms with Gasteiger partial charge < -0.3 is 39.6 Å². The van der Waals surface area contributed by atoms with Crippen LogP contribution in [0.1, 0.15) is 139 Å². The Bertz CT molecular complexity index is 3740. The van der Waals surface area contributed by atoms with Crippen LogP contribution in [0.4, 0.5) is 14.6 Å². The zero-order valence-electron chi connectivity index (χ0n) is 53.3. The molecule has 8 heterocycles. The Morgan fingerprint density at radius 1 is 0.644 bits per heavy atom. The first kappa shape index (κ1) is 69.8. The number of hydrogen-bond acceptors (Lipinski definition) is 19. The lowest BCUT2D eigenvalue weighted by atomic mass is 9.81. The van der Waals surface area contributed by atoms with E-state index in [1.54, 1.807) is 72.8 Å². The van der Waals surface area contributed by atoms with Crippen LogP contribution in [-0.4, -0.2) is 135 Å². The number of halogens is 1. The number of anilines is 1. The number of Topliss-reactive ketones (excluding diaryl/α,β-unsaturated/α-hetero) is 1. The molecular formula is C66H82BBrN8O10S4. The summed E-state index contributed by atoms with van der Waals surface area (Å²) in [4.78, 5) is 77.4. The van der Waals surface area contributed by atoms with Crippen molar-refractivity contribution < 1.29 is 48.2 Å². The van der Waals surface area contributed by atoms with E-state index in [9.17, 15) is 19.2 Å². The number of pyridine rings is 2. The number of unbranched alkanes of at least 4 members (excludes halogenated alkanes) is 2. The number of amides is 3. The van der Waals surface area contributed by atoms with Crippen molar-refractivity contribution in [2.24, 2.45) is 0 Å². The van der Waals surface area contributed by atoms with Gasteiger partial charge in [-0.25, -0.2) is 19.6 Å². The van der Waals surface area contributed by atoms with Gasteiger partial charge in [0.2, 0.25) is 5.91 Å². The Hall–Kier alpha value is -6.06. The van der Waals surface area contributed by atoms with Crippen LogP contribution >= 0.6 is 61.3 Å². The van der Waals surface area contributed by atoms with E-state index in [4.69, 9.17) is 39.0 Å². The molecule has 0 saturated carbocycles. The summed E-state index contributed by atoms with van der Waals surface area (Å²) < 4.78 is 24.9. The summed E-state index contributed by atoms with van der Waals surface area (Å²) in [6.07, 6.45) is 11.4. The highest BCUT2D eigenvalue weighted by molar-refractivity contribution is 9.10. The van der Waals surface area contributed by atoms with Crippen molar-refractivity contribution in [1.82, 2.24) is 35.1 Å². The normalized spacial score (nSPS) is 16.3. The van der Waals surface area contributed by atoms with Gasteiger partial charge in [-0.05, 0) is 177 Å². The van der Waals surface area contributed by atoms with Gasteiger partial charge in [0.05, 0.1) is 39.1 Å². The van der Waals surface area contributed by atoms with E-state index < -0.39 is 18.3 Å². The molecule has 2 aromatic carbocycles. The SMILES string of the molecule is COCCCCCC(=O)Cc1sc2c(c1-c1nc3ccc(-c4ccncc4)cc3s1)CC(C)N(C(=O)OC(C)(C)C)C2C.COCCNCCC(=O)Nc1sc2c(c1-c1nc3ccc(Br)cc3s1)CC(C)N(C(=O)OC(C)(C)C)C2C.OB(O)c1ccncc1. The topological polar surface area (TPSA) is 228 Å². The third-order valence-corrected chi connectivity index (χ3v) is 20.3. The summed E-state index contributed by atoms with van der Waals surface area (Å²) in [7, 11) is 1.98. The first-order valence-corrected chi connectivity index (χ1v) is 34.4. The van der Waals surface area contributed by atoms with Crippen LogP contribution in [0, 0.1) is 0 Å². The van der Waals surface area contributed by atoms with Crippen molar-refractivity contribution in [2.75, 3.05) is 45.8 Å². The molecule has 6 aromatic heterocycles. The number of ether oxygens (including phenoxy) is 4. The largest absolute Gasteiger partial charge is 0.488 e. The van der Waals surface area contributed by atoms with Crippen LogP contribution in [0.3, 0.4) is 0 Å². The van der Waals surface area contributed by atoms with Crippen LogP contribution in [-0.2, 0) is 47.8 Å². The van der Waals surface area contributed by atoms with Crippen molar-refractivity contribution in [3.8, 4) is 32.3 Å². The van der Waals surface area contributed by atoms with Gasteiger partial charge in [-0.15, -0.1) is 45.3 Å². The minimum Gasteiger partial charge on any atom is -0.444 e. The number of rotatable bonds is 19. The minimum absolute atomic E-state index is 0.0530. The van der Waals surface area contributed by atoms with Gasteiger partial charge in [0.15, 0.2) is 0 Å². The first-order chi connectivity index (χ1) is 42.8. The fraction of sp³-hybridized carbons (Fsp3) is 0.455. The molecule has 8 aromatic rings. The molecule has 4 atom stereocenters. The highest BCUT2D eigenvalue weighted by Gasteiger charge is 2.41. The second-order valence-electron chi connectivity index (χ2n) is 24.4. The number of thiophene rings is 2. The molecule has 4 N–H and O–H groups in total. The zero-order chi connectivity index (χ0) is 65.0. The molecule has 4 unspecified atom stereocenters. The summed E-state index contributed by atoms with van der Waals surface area (Å²) in [5.41, 5.74) is 7.80. The maximum Gasteiger partial charge on any atom is 0.488 e. The molecule has 480 valence electrons. The van der Waals surface area contributed by atoms with Crippen LogP contribution in [0.15, 0.2) is 89.9 Å². The number of thiazole rings is 2. The van der Waals surface area contributed by atoms with E-state index in [0.29, 0.717) is 57.3 Å². The number of nitrogens with one attached hydrogen (secondary N) is 2. The van der Waals surface area contributed by atoms with Gasteiger partial charge in [0.25, 0.3) is 0 Å². The highest BCUT2D eigenvalue weighted by atomic mass is 79.9. The van der Waals surface area contributed by atoms with Crippen molar-refractivity contribution >= 4 is 123 Å². The average molecular weight is 1370 g/mol. The second-order valence-corrected chi connectivity index (χ2v) is 29.6. The van der Waals surface area contributed by atoms with Crippen LogP contribution in [0.5, 0.6) is 0 Å². The minimum atomic E-state index is -1.38. The molecule has 0 saturated heterocycles. The molecule has 2 aliphatic heterocycles. The van der Waals surface area contributed by atoms with E-state index in [1.165, 1.54) is 29.3 Å². The smallest absolute Gasteiger partial charge is 0.444 e. The van der Waals surface area contributed by atoms with E-state index in [-0.39, 0.29) is 48.0 Å². The number of fused-ring (bicyclic) bond motifs is 4. The molecule has 90 heavy (non-hydrogen) atoms. The molecule has 2 aliphatic rings. The standard InChI is InChI=1S/C34H41N3O4S2.C27H35BrN4O4S2.C5H6BNO2/c1-21-18-26-30(32-36-27-12-11-24(19-28(27)43-32)23-13-15-35-16-14-23)29(20-25(38)10-8-7-9-17-40-6)42-31(26)22(2)37(21)33(39)41-34(3,4)5;1-15-13-18-22(24-30-19-8-7-17(28)14-20(19)37-24)25(31-21(33)9-10-29-11-12-35-6)38-23(18)16(2)32(15)26(34)36-27(3,4)5;8-6(9)5-1-3-7-4-2-5/h11-16,19,21-22H,7-10,17-18,20H2,1-6H3;7-8,14-16,29H,9-13H2,1-6H3,(H,31,33);1-4,8-9H. The van der Waals surface area contributed by atoms with Gasteiger partial charge in [0.1, 0.15) is 32.0 Å². The van der Waals surface area contributed by atoms with Crippen LogP contribution < -0.4 is 16.1 Å². The van der Waals surface area contributed by atoms with Crippen molar-refractivity contribution in [1.29, 1.82) is 0 Å². The summed E-state index contributed by atoms with van der Waals surface area (Å²) >= 11 is 10.0. The predicted octanol–water partition coefficient (Wildman–Crippen LogP) is 14.0. The third kappa shape index (κ3) is 18.2. The Labute approximate surface area is 552 Å². The molecule has 18 nitrogen and oxygen atoms in total. The van der Waals surface area contributed by atoms with Crippen LogP contribution in [0.25, 0.3) is 52.7 Å². The lowest BCUT2D eigenvalue weighted by Crippen LogP contribution is -2.46. The Morgan fingerprint density at radius 2 is 1.19 bits per heavy atom. The maximum atomic E-state index is 13.3. The number of nitrogens with zero attached hydrogens (tertiary/aromatic N) is 6. The van der Waals surface area contributed by atoms with E-state index >= 15 is 0 Å². The molecular weight excluding hydrogens is 1280 g/mol. The molecule has 0 radical (unpaired) electrons. The Kier molecular flexibility index (Phi) is 24.4. The molecule has 0 spiro atoms. The summed E-state index contributed by atoms with van der Waals surface area (Å²) in [5.74, 6) is 0.173. The highest BCUT2D eigenvalue weighted by Crippen LogP contribution is 2.51. The lowest BCUT2D eigenvalue weighted by molar-refractivity contribution is -0.118. The molecule has 0 bridgehead atoms. The fourth-order valence-electron chi connectivity index (χ4n) is 10.9. The molecule has 24 heteroatoms. The Balaban J connectivity index is 0.000000205. The Morgan fingerprint density at radius 3 is 1.76 bits per heavy atom. The quantitative estimate of drug-likeness (QED) is 0.0436. The second kappa shape index (κ2) is 31.5. The molecule has 10 rings (SSSR count). The number of methoxy groups -OCH3 is 2. The predicted molar refractivity (Wildman–Crippen MR) is 367 cm³/mol. The number of hydrogen-bond donors (Lipinski definition) is 4. The number of benzene rings is 2. The lowest BCUT2D eigenvalue weighted by Gasteiger charge is -2.39. The van der Waals surface area contributed by atoms with Gasteiger partial charge in [-0.2, -0.15) is 0 Å². The molecule has 3 amide bonds. The van der Waals surface area contributed by atoms with E-state index in [0.717, 1.165) is 108 Å². The number of aromatic nitrogens is 4. The summed E-state index contributed by atoms with van der Waals surface area (Å²) in [6, 6.07) is 19.0. The van der Waals surface area contributed by atoms with Gasteiger partial charge in [-0.1, -0.05) is 28.4 Å². The third-order valence-electron chi connectivity index (χ3n) is 15.0. The van der Waals surface area contributed by atoms with E-state index in [2.05, 4.69) is 74.6 Å². The van der Waals surface area contributed by atoms with Crippen molar-refractivity contribution in [3.05, 3.63) is 116 Å². The van der Waals surface area contributed by atoms with Gasteiger partial charge in [-0.3, -0.25) is 29.4 Å². The average Bonchev–Trinajstić information content (AvgIpc) is 1.60. The van der Waals surface area contributed by atoms with Gasteiger partial charge in [0, 0.05) is 120 Å². The van der Waals surface area contributed by atoms with Crippen LogP contribution in [0.2, 0.25) is 0 Å². The van der Waals surface area contributed by atoms with Crippen molar-refractivity contribution in [2.45, 2.75) is 156 Å². The fourth-order valence-corrected chi connectivity index (χ4v) is 16.4. The molecule has 0 fully saturated rings. The summed E-state index contributed by atoms with van der Waals surface area (Å²) in [5, 5.41) is 26.1. The van der Waals surface area contributed by atoms with E-state index in [1.807, 2.05) is 89.5 Å². The molecule has 0 aliphatic carbocycles. The monoisotopic (exact) mass is 1360 g/mol. The van der Waals surface area contributed by atoms with Gasteiger partial charge >= 0.3 is 19.3 Å². The number of ketones is 1. The first-order valence-electron chi connectivity index (χ1n) is 30.3.